The zero-order valence-corrected chi connectivity index (χ0v) is 11.3. The van der Waals surface area contributed by atoms with Crippen LogP contribution < -0.4 is 5.32 Å². The van der Waals surface area contributed by atoms with Crippen LogP contribution in [-0.4, -0.2) is 15.1 Å². The van der Waals surface area contributed by atoms with Gasteiger partial charge >= 0.3 is 0 Å². The van der Waals surface area contributed by atoms with Crippen LogP contribution >= 0.6 is 0 Å². The van der Waals surface area contributed by atoms with E-state index in [0.29, 0.717) is 16.7 Å². The summed E-state index contributed by atoms with van der Waals surface area (Å²) in [7, 11) is 0. The van der Waals surface area contributed by atoms with Crippen molar-refractivity contribution in [2.45, 2.75) is 0 Å². The number of fused-ring (bicyclic) bond motifs is 1. The van der Waals surface area contributed by atoms with E-state index in [4.69, 9.17) is 6.42 Å². The number of nitrogens with zero attached hydrogens (tertiary/aromatic N) is 3. The first kappa shape index (κ1) is 13.5. The summed E-state index contributed by atoms with van der Waals surface area (Å²) in [5.41, 5.74) is 1.93. The molecule has 2 aromatic carbocycles. The lowest BCUT2D eigenvalue weighted by molar-refractivity contribution is 0.477. The standard InChI is InChI=1S/C16H10N4O2/c1-2-10-4-3-5-11(6-10)19-16-12-7-15(21)14(20-22)8-13(12)17-9-18-16/h1,3-9,21H,(H,17,18,19). The Hall–Kier alpha value is -3.46. The lowest BCUT2D eigenvalue weighted by atomic mass is 10.2. The monoisotopic (exact) mass is 290 g/mol. The topological polar surface area (TPSA) is 87.5 Å². The van der Waals surface area contributed by atoms with Crippen molar-refractivity contribution in [1.29, 1.82) is 0 Å². The summed E-state index contributed by atoms with van der Waals surface area (Å²) in [5.74, 6) is 2.82. The number of phenolic OH excluding ortho intramolecular Hbond substituents is 1. The molecule has 0 bridgehead atoms. The minimum absolute atomic E-state index is 0.0634. The lowest BCUT2D eigenvalue weighted by Gasteiger charge is -2.09. The van der Waals surface area contributed by atoms with Gasteiger partial charge in [-0.25, -0.2) is 9.97 Å². The van der Waals surface area contributed by atoms with Crippen LogP contribution in [0.4, 0.5) is 17.2 Å². The number of aromatic hydroxyl groups is 1. The van der Waals surface area contributed by atoms with Crippen LogP contribution in [0.5, 0.6) is 5.75 Å². The number of hydrogen-bond donors (Lipinski definition) is 2. The quantitative estimate of drug-likeness (QED) is 0.569. The first-order chi connectivity index (χ1) is 10.7. The number of anilines is 2. The minimum atomic E-state index is -0.224. The molecule has 22 heavy (non-hydrogen) atoms. The van der Waals surface area contributed by atoms with Crippen LogP contribution in [0.3, 0.4) is 0 Å². The predicted molar refractivity (Wildman–Crippen MR) is 84.3 cm³/mol. The Balaban J connectivity index is 2.09. The summed E-state index contributed by atoms with van der Waals surface area (Å²) in [6.45, 7) is 0. The molecule has 0 unspecified atom stereocenters. The van der Waals surface area contributed by atoms with Crippen LogP contribution in [0, 0.1) is 17.3 Å². The van der Waals surface area contributed by atoms with Gasteiger partial charge in [0.25, 0.3) is 0 Å². The predicted octanol–water partition coefficient (Wildman–Crippen LogP) is 3.46. The summed E-state index contributed by atoms with van der Waals surface area (Å²) in [5, 5.41) is 16.2. The lowest BCUT2D eigenvalue weighted by Crippen LogP contribution is -1.96. The number of rotatable bonds is 3. The molecule has 106 valence electrons. The van der Waals surface area contributed by atoms with Crippen molar-refractivity contribution in [1.82, 2.24) is 9.97 Å². The molecule has 3 rings (SSSR count). The minimum Gasteiger partial charge on any atom is -0.506 e. The zero-order valence-electron chi connectivity index (χ0n) is 11.3. The van der Waals surface area contributed by atoms with Gasteiger partial charge in [0, 0.05) is 16.6 Å². The molecule has 0 aliphatic rings. The van der Waals surface area contributed by atoms with Gasteiger partial charge in [-0.15, -0.1) is 11.3 Å². The number of phenols is 1. The number of aromatic nitrogens is 2. The van der Waals surface area contributed by atoms with E-state index in [1.54, 1.807) is 6.07 Å². The van der Waals surface area contributed by atoms with Gasteiger partial charge in [0.05, 0.1) is 5.52 Å². The van der Waals surface area contributed by atoms with Crippen LogP contribution in [-0.2, 0) is 0 Å². The normalized spacial score (nSPS) is 10.1. The van der Waals surface area contributed by atoms with Crippen molar-refractivity contribution in [3.63, 3.8) is 0 Å². The van der Waals surface area contributed by atoms with Crippen molar-refractivity contribution in [2.75, 3.05) is 5.32 Å². The fourth-order valence-electron chi connectivity index (χ4n) is 2.08. The maximum Gasteiger partial charge on any atom is 0.151 e. The van der Waals surface area contributed by atoms with Crippen molar-refractivity contribution >= 4 is 28.1 Å². The Morgan fingerprint density at radius 1 is 1.23 bits per heavy atom. The molecule has 3 aromatic rings. The second-order valence-corrected chi connectivity index (χ2v) is 4.52. The molecule has 0 aliphatic carbocycles. The van der Waals surface area contributed by atoms with E-state index in [1.807, 2.05) is 18.2 Å². The van der Waals surface area contributed by atoms with Crippen molar-refractivity contribution in [3.8, 4) is 18.1 Å². The van der Waals surface area contributed by atoms with E-state index in [0.717, 1.165) is 11.3 Å². The molecule has 0 saturated heterocycles. The molecule has 0 radical (unpaired) electrons. The molecule has 1 heterocycles. The Morgan fingerprint density at radius 3 is 2.86 bits per heavy atom. The average Bonchev–Trinajstić information content (AvgIpc) is 2.55. The molecule has 2 N–H and O–H groups in total. The molecular weight excluding hydrogens is 280 g/mol. The molecule has 6 nitrogen and oxygen atoms in total. The van der Waals surface area contributed by atoms with Gasteiger partial charge in [0.2, 0.25) is 0 Å². The fourth-order valence-corrected chi connectivity index (χ4v) is 2.08. The van der Waals surface area contributed by atoms with Crippen molar-refractivity contribution in [3.05, 3.63) is 53.2 Å². The molecule has 1 aromatic heterocycles. The van der Waals surface area contributed by atoms with Crippen LogP contribution in [0.1, 0.15) is 5.56 Å². The largest absolute Gasteiger partial charge is 0.506 e. The van der Waals surface area contributed by atoms with Gasteiger partial charge in [-0.1, -0.05) is 12.0 Å². The van der Waals surface area contributed by atoms with E-state index >= 15 is 0 Å². The van der Waals surface area contributed by atoms with Gasteiger partial charge in [-0.05, 0) is 35.5 Å². The Kier molecular flexibility index (Phi) is 3.38. The summed E-state index contributed by atoms with van der Waals surface area (Å²) in [6, 6.07) is 10.1. The summed E-state index contributed by atoms with van der Waals surface area (Å²) in [6.07, 6.45) is 6.74. The average molecular weight is 290 g/mol. The second kappa shape index (κ2) is 5.50. The Bertz CT molecular complexity index is 916. The second-order valence-electron chi connectivity index (χ2n) is 4.52. The highest BCUT2D eigenvalue weighted by molar-refractivity contribution is 5.94. The van der Waals surface area contributed by atoms with E-state index in [-0.39, 0.29) is 11.4 Å². The molecule has 6 heteroatoms. The van der Waals surface area contributed by atoms with E-state index < -0.39 is 0 Å². The first-order valence-electron chi connectivity index (χ1n) is 6.36. The molecule has 0 aliphatic heterocycles. The van der Waals surface area contributed by atoms with Gasteiger partial charge in [-0.3, -0.25) is 0 Å². The molecule has 0 saturated carbocycles. The highest BCUT2D eigenvalue weighted by Gasteiger charge is 2.10. The number of benzene rings is 2. The molecule has 0 spiro atoms. The fraction of sp³-hybridized carbons (Fsp3) is 0. The van der Waals surface area contributed by atoms with E-state index in [1.165, 1.54) is 18.5 Å². The molecule has 0 amide bonds. The Morgan fingerprint density at radius 2 is 2.09 bits per heavy atom. The highest BCUT2D eigenvalue weighted by Crippen LogP contribution is 2.33. The smallest absolute Gasteiger partial charge is 0.151 e. The number of hydrogen-bond acceptors (Lipinski definition) is 6. The maximum atomic E-state index is 10.6. The summed E-state index contributed by atoms with van der Waals surface area (Å²) < 4.78 is 0. The van der Waals surface area contributed by atoms with Gasteiger partial charge in [0.1, 0.15) is 17.9 Å². The third kappa shape index (κ3) is 2.43. The maximum absolute atomic E-state index is 10.6. The third-order valence-corrected chi connectivity index (χ3v) is 3.12. The first-order valence-corrected chi connectivity index (χ1v) is 6.36. The Labute approximate surface area is 125 Å². The molecule has 0 fully saturated rings. The number of nitrogens with one attached hydrogen (secondary N) is 1. The third-order valence-electron chi connectivity index (χ3n) is 3.12. The summed E-state index contributed by atoms with van der Waals surface area (Å²) in [4.78, 5) is 18.9. The van der Waals surface area contributed by atoms with Gasteiger partial charge in [0.15, 0.2) is 5.69 Å². The van der Waals surface area contributed by atoms with E-state index in [2.05, 4.69) is 26.4 Å². The highest BCUT2D eigenvalue weighted by atomic mass is 16.3. The van der Waals surface area contributed by atoms with Gasteiger partial charge in [-0.2, -0.15) is 0 Å². The van der Waals surface area contributed by atoms with Gasteiger partial charge < -0.3 is 10.4 Å². The zero-order chi connectivity index (χ0) is 15.5. The van der Waals surface area contributed by atoms with E-state index in [9.17, 15) is 10.0 Å². The van der Waals surface area contributed by atoms with Crippen LogP contribution in [0.2, 0.25) is 0 Å². The van der Waals surface area contributed by atoms with Crippen molar-refractivity contribution in [2.24, 2.45) is 5.18 Å². The SMILES string of the molecule is C#Cc1cccc(Nc2ncnc3cc(N=O)c(O)cc23)c1. The molecular formula is C16H10N4O2. The summed E-state index contributed by atoms with van der Waals surface area (Å²) >= 11 is 0. The number of nitroso groups, excluding NO2 is 1. The number of terminal acetylenes is 1. The van der Waals surface area contributed by atoms with Crippen molar-refractivity contribution < 1.29 is 5.11 Å². The van der Waals surface area contributed by atoms with Crippen LogP contribution in [0.15, 0.2) is 47.9 Å². The molecule has 0 atom stereocenters. The van der Waals surface area contributed by atoms with Crippen LogP contribution in [0.25, 0.3) is 10.9 Å².